The molecular formula is C63H109NO18. The molecule has 3 aliphatic rings. The van der Waals surface area contributed by atoms with Crippen LogP contribution in [0.5, 0.6) is 0 Å². The topological polar surface area (TPSA) is 307 Å². The van der Waals surface area contributed by atoms with Gasteiger partial charge in [0.05, 0.1) is 38.6 Å². The molecular weight excluding hydrogens is 1060 g/mol. The summed E-state index contributed by atoms with van der Waals surface area (Å²) in [5.41, 5.74) is 0. The highest BCUT2D eigenvalue weighted by molar-refractivity contribution is 5.76. The first-order valence-corrected chi connectivity index (χ1v) is 31.2. The standard InChI is InChI=1S/C63H109NO18/c1-3-5-7-9-11-13-14-15-16-17-18-19-20-21-22-23-24-25-26-27-28-29-30-31-32-33-35-37-39-41-51(69)64-46(47(68)40-38-36-34-12-10-8-6-4-2)45-77-61-57(75)54(72)59(49(43-66)79-61)82-63-58(76)55(73)60(50(44-67)80-63)81-62-56(74)53(71)52(70)48(42-65)78-62/h5,7,10-13,15-16,18-19,38,40,46-50,52-63,65-68,70-76H,3-4,6,8-9,14,17,20-37,39,41-45H2,1-2H3,(H,64,69)/b7-5-,12-10+,13-11-,16-15-,19-18-,40-38+. The van der Waals surface area contributed by atoms with E-state index in [2.05, 4.69) is 79.9 Å². The lowest BCUT2D eigenvalue weighted by atomic mass is 9.96. The van der Waals surface area contributed by atoms with Crippen molar-refractivity contribution in [3.05, 3.63) is 72.9 Å². The Hall–Kier alpha value is -2.77. The molecule has 3 fully saturated rings. The molecule has 1 amide bonds. The second-order valence-corrected chi connectivity index (χ2v) is 22.1. The van der Waals surface area contributed by atoms with E-state index in [1.807, 2.05) is 6.08 Å². The lowest BCUT2D eigenvalue weighted by molar-refractivity contribution is -0.379. The molecule has 0 aromatic heterocycles. The molecule has 0 bridgehead atoms. The minimum absolute atomic E-state index is 0.232. The molecule has 0 radical (unpaired) electrons. The van der Waals surface area contributed by atoms with Gasteiger partial charge in [-0.25, -0.2) is 0 Å². The third kappa shape index (κ3) is 28.6. The van der Waals surface area contributed by atoms with Gasteiger partial charge >= 0.3 is 0 Å². The average Bonchev–Trinajstić information content (AvgIpc) is 3.60. The lowest BCUT2D eigenvalue weighted by Gasteiger charge is -2.48. The number of amides is 1. The third-order valence-electron chi connectivity index (χ3n) is 15.2. The number of ether oxygens (including phenoxy) is 6. The van der Waals surface area contributed by atoms with Crippen molar-refractivity contribution in [2.45, 2.75) is 291 Å². The molecule has 0 aromatic carbocycles. The summed E-state index contributed by atoms with van der Waals surface area (Å²) in [5, 5.41) is 120. The molecule has 3 rings (SSSR count). The molecule has 3 heterocycles. The van der Waals surface area contributed by atoms with E-state index in [1.54, 1.807) is 6.08 Å². The maximum Gasteiger partial charge on any atom is 0.220 e. The average molecular weight is 1170 g/mol. The largest absolute Gasteiger partial charge is 0.394 e. The SMILES string of the molecule is CC/C=C\C/C=C\C/C=C\C/C=C\CCCCCCCCCCCCCCCCCCC(=O)NC(COC1OC(CO)C(OC2OC(CO)C(OC3OC(CO)C(O)C(O)C3O)C(O)C2O)C(O)C1O)C(O)/C=C/CC/C=C/CCCC. The molecule has 0 aliphatic carbocycles. The van der Waals surface area contributed by atoms with E-state index < -0.39 is 124 Å². The highest BCUT2D eigenvalue weighted by atomic mass is 16.8. The molecule has 17 atom stereocenters. The quantitative estimate of drug-likeness (QED) is 0.0238. The molecule has 0 saturated carbocycles. The Morgan fingerprint density at radius 2 is 0.854 bits per heavy atom. The number of nitrogens with one attached hydrogen (secondary N) is 1. The second kappa shape index (κ2) is 45.5. The van der Waals surface area contributed by atoms with Crippen LogP contribution in [-0.2, 0) is 33.2 Å². The molecule has 474 valence electrons. The molecule has 0 aromatic rings. The predicted molar refractivity (Wildman–Crippen MR) is 314 cm³/mol. The summed E-state index contributed by atoms with van der Waals surface area (Å²) < 4.78 is 34.1. The molecule has 3 saturated heterocycles. The Kier molecular flexibility index (Phi) is 40.8. The fraction of sp³-hybridized carbons (Fsp3) is 0.794. The van der Waals surface area contributed by atoms with Crippen molar-refractivity contribution in [2.24, 2.45) is 0 Å². The van der Waals surface area contributed by atoms with Crippen LogP contribution in [0.1, 0.15) is 187 Å². The van der Waals surface area contributed by atoms with Crippen LogP contribution in [0.15, 0.2) is 72.9 Å². The van der Waals surface area contributed by atoms with Crippen molar-refractivity contribution < 1.29 is 89.4 Å². The predicted octanol–water partition coefficient (Wildman–Crippen LogP) is 6.21. The van der Waals surface area contributed by atoms with Crippen LogP contribution in [0.2, 0.25) is 0 Å². The van der Waals surface area contributed by atoms with Gasteiger partial charge in [-0.05, 0) is 64.2 Å². The fourth-order valence-corrected chi connectivity index (χ4v) is 10.1. The van der Waals surface area contributed by atoms with E-state index in [1.165, 1.54) is 83.5 Å². The number of allylic oxidation sites excluding steroid dienone is 11. The normalized spacial score (nSPS) is 30.1. The van der Waals surface area contributed by atoms with Crippen molar-refractivity contribution >= 4 is 5.91 Å². The number of hydrogen-bond donors (Lipinski definition) is 12. The summed E-state index contributed by atoms with van der Waals surface area (Å²) in [6, 6.07) is -0.989. The first-order chi connectivity index (χ1) is 39.8. The number of aliphatic hydroxyl groups excluding tert-OH is 11. The first-order valence-electron chi connectivity index (χ1n) is 31.2. The van der Waals surface area contributed by atoms with Gasteiger partial charge in [-0.15, -0.1) is 0 Å². The number of carbonyl (C=O) groups is 1. The van der Waals surface area contributed by atoms with Crippen molar-refractivity contribution in [3.8, 4) is 0 Å². The summed E-state index contributed by atoms with van der Waals surface area (Å²) in [6.45, 7) is 1.49. The van der Waals surface area contributed by atoms with E-state index in [0.717, 1.165) is 70.6 Å². The zero-order chi connectivity index (χ0) is 59.7. The zero-order valence-corrected chi connectivity index (χ0v) is 49.4. The molecule has 19 heteroatoms. The van der Waals surface area contributed by atoms with Gasteiger partial charge < -0.3 is 89.9 Å². The van der Waals surface area contributed by atoms with Crippen LogP contribution >= 0.6 is 0 Å². The van der Waals surface area contributed by atoms with E-state index in [4.69, 9.17) is 28.4 Å². The van der Waals surface area contributed by atoms with Gasteiger partial charge in [0, 0.05) is 6.42 Å². The summed E-state index contributed by atoms with van der Waals surface area (Å²) in [6.07, 6.45) is 27.9. The number of carbonyl (C=O) groups excluding carboxylic acids is 1. The third-order valence-corrected chi connectivity index (χ3v) is 15.2. The molecule has 3 aliphatic heterocycles. The van der Waals surface area contributed by atoms with Gasteiger partial charge in [0.15, 0.2) is 18.9 Å². The molecule has 0 spiro atoms. The monoisotopic (exact) mass is 1170 g/mol. The summed E-state index contributed by atoms with van der Waals surface area (Å²) in [5.74, 6) is -0.292. The highest BCUT2D eigenvalue weighted by Crippen LogP contribution is 2.33. The highest BCUT2D eigenvalue weighted by Gasteiger charge is 2.53. The van der Waals surface area contributed by atoms with Gasteiger partial charge in [0.2, 0.25) is 5.91 Å². The summed E-state index contributed by atoms with van der Waals surface area (Å²) in [4.78, 5) is 13.3. The minimum Gasteiger partial charge on any atom is -0.394 e. The van der Waals surface area contributed by atoms with Crippen LogP contribution in [0.25, 0.3) is 0 Å². The van der Waals surface area contributed by atoms with E-state index in [0.29, 0.717) is 12.8 Å². The van der Waals surface area contributed by atoms with Crippen LogP contribution in [0.4, 0.5) is 0 Å². The Labute approximate surface area is 489 Å². The van der Waals surface area contributed by atoms with Crippen LogP contribution in [0.3, 0.4) is 0 Å². The van der Waals surface area contributed by atoms with Crippen molar-refractivity contribution in [1.82, 2.24) is 5.32 Å². The molecule has 12 N–H and O–H groups in total. The molecule has 82 heavy (non-hydrogen) atoms. The fourth-order valence-electron chi connectivity index (χ4n) is 10.1. The summed E-state index contributed by atoms with van der Waals surface area (Å²) in [7, 11) is 0. The van der Waals surface area contributed by atoms with Gasteiger partial charge in [0.1, 0.15) is 73.2 Å². The Balaban J connectivity index is 1.37. The van der Waals surface area contributed by atoms with Gasteiger partial charge in [-0.1, -0.05) is 189 Å². The smallest absolute Gasteiger partial charge is 0.220 e. The number of aliphatic hydroxyl groups is 11. The van der Waals surface area contributed by atoms with Crippen molar-refractivity contribution in [2.75, 3.05) is 26.4 Å². The lowest BCUT2D eigenvalue weighted by Crippen LogP contribution is -2.66. The summed E-state index contributed by atoms with van der Waals surface area (Å²) >= 11 is 0. The minimum atomic E-state index is -1.98. The van der Waals surface area contributed by atoms with E-state index >= 15 is 0 Å². The van der Waals surface area contributed by atoms with E-state index in [-0.39, 0.29) is 18.9 Å². The van der Waals surface area contributed by atoms with Crippen LogP contribution in [0, 0.1) is 0 Å². The zero-order valence-electron chi connectivity index (χ0n) is 49.4. The molecule has 17 unspecified atom stereocenters. The maximum atomic E-state index is 13.3. The number of hydrogen-bond acceptors (Lipinski definition) is 18. The second-order valence-electron chi connectivity index (χ2n) is 22.1. The van der Waals surface area contributed by atoms with E-state index in [9.17, 15) is 61.0 Å². The maximum absolute atomic E-state index is 13.3. The Morgan fingerprint density at radius 1 is 0.451 bits per heavy atom. The molecule has 19 nitrogen and oxygen atoms in total. The van der Waals surface area contributed by atoms with Crippen molar-refractivity contribution in [3.63, 3.8) is 0 Å². The van der Waals surface area contributed by atoms with Crippen LogP contribution < -0.4 is 5.32 Å². The first kappa shape index (κ1) is 73.5. The van der Waals surface area contributed by atoms with Crippen LogP contribution in [-0.4, -0.2) is 193 Å². The number of unbranched alkanes of at least 4 members (excludes halogenated alkanes) is 19. The van der Waals surface area contributed by atoms with Crippen molar-refractivity contribution in [1.29, 1.82) is 0 Å². The Morgan fingerprint density at radius 3 is 1.37 bits per heavy atom. The van der Waals surface area contributed by atoms with Gasteiger partial charge in [-0.3, -0.25) is 4.79 Å². The number of rotatable bonds is 45. The van der Waals surface area contributed by atoms with Gasteiger partial charge in [-0.2, -0.15) is 0 Å². The Bertz CT molecular complexity index is 1780. The van der Waals surface area contributed by atoms with Gasteiger partial charge in [0.25, 0.3) is 0 Å².